The molecule has 1 atom stereocenters. The summed E-state index contributed by atoms with van der Waals surface area (Å²) in [6.07, 6.45) is 1.56. The zero-order valence-corrected chi connectivity index (χ0v) is 8.10. The van der Waals surface area contributed by atoms with Crippen molar-refractivity contribution in [2.75, 3.05) is 11.9 Å². The van der Waals surface area contributed by atoms with Gasteiger partial charge in [-0.15, -0.1) is 0 Å². The molecule has 74 valence electrons. The van der Waals surface area contributed by atoms with Crippen LogP contribution in [0.5, 0.6) is 0 Å². The zero-order valence-electron chi connectivity index (χ0n) is 8.10. The molecule has 2 rings (SSSR count). The third-order valence-electron chi connectivity index (χ3n) is 2.81. The summed E-state index contributed by atoms with van der Waals surface area (Å²) in [4.78, 5) is 12.8. The number of anilines is 1. The van der Waals surface area contributed by atoms with Crippen LogP contribution in [0.2, 0.25) is 0 Å². The Bertz CT molecular complexity index is 362. The molecule has 0 amide bonds. The SMILES string of the molecule is CN1c2ccccc2CCC1C(=O)O. The van der Waals surface area contributed by atoms with Crippen molar-refractivity contribution in [2.45, 2.75) is 18.9 Å². The van der Waals surface area contributed by atoms with E-state index in [-0.39, 0.29) is 6.04 Å². The van der Waals surface area contributed by atoms with Gasteiger partial charge in [0.25, 0.3) is 0 Å². The Labute approximate surface area is 83.0 Å². The molecule has 0 aromatic heterocycles. The number of nitrogens with zero attached hydrogens (tertiary/aromatic N) is 1. The van der Waals surface area contributed by atoms with Gasteiger partial charge in [0, 0.05) is 12.7 Å². The number of aliphatic carboxylic acids is 1. The first-order valence-electron chi connectivity index (χ1n) is 4.73. The lowest BCUT2D eigenvalue weighted by atomic mass is 9.96. The molecule has 0 aliphatic carbocycles. The summed E-state index contributed by atoms with van der Waals surface area (Å²) >= 11 is 0. The van der Waals surface area contributed by atoms with Crippen LogP contribution in [0.4, 0.5) is 5.69 Å². The smallest absolute Gasteiger partial charge is 0.326 e. The molecule has 0 spiro atoms. The van der Waals surface area contributed by atoms with Crippen LogP contribution in [0.3, 0.4) is 0 Å². The van der Waals surface area contributed by atoms with E-state index < -0.39 is 5.97 Å². The Morgan fingerprint density at radius 3 is 2.93 bits per heavy atom. The minimum atomic E-state index is -0.734. The molecule has 1 aliphatic rings. The molecule has 1 heterocycles. The summed E-state index contributed by atoms with van der Waals surface area (Å²) in [5, 5.41) is 8.99. The maximum Gasteiger partial charge on any atom is 0.326 e. The number of aryl methyl sites for hydroxylation is 1. The minimum Gasteiger partial charge on any atom is -0.480 e. The monoisotopic (exact) mass is 191 g/mol. The van der Waals surface area contributed by atoms with Gasteiger partial charge in [0.2, 0.25) is 0 Å². The van der Waals surface area contributed by atoms with Crippen molar-refractivity contribution >= 4 is 11.7 Å². The van der Waals surface area contributed by atoms with Crippen LogP contribution in [0.15, 0.2) is 24.3 Å². The van der Waals surface area contributed by atoms with Gasteiger partial charge in [-0.1, -0.05) is 18.2 Å². The number of likely N-dealkylation sites (N-methyl/N-ethyl adjacent to an activating group) is 1. The zero-order chi connectivity index (χ0) is 10.1. The van der Waals surface area contributed by atoms with Crippen LogP contribution in [0, 0.1) is 0 Å². The molecular weight excluding hydrogens is 178 g/mol. The predicted molar refractivity (Wildman–Crippen MR) is 54.6 cm³/mol. The van der Waals surface area contributed by atoms with Crippen LogP contribution < -0.4 is 4.90 Å². The summed E-state index contributed by atoms with van der Waals surface area (Å²) in [7, 11) is 1.84. The fraction of sp³-hybridized carbons (Fsp3) is 0.364. The number of carboxylic acid groups (broad SMARTS) is 1. The van der Waals surface area contributed by atoms with E-state index in [0.717, 1.165) is 12.1 Å². The third-order valence-corrected chi connectivity index (χ3v) is 2.81. The number of para-hydroxylation sites is 1. The largest absolute Gasteiger partial charge is 0.480 e. The van der Waals surface area contributed by atoms with Gasteiger partial charge in [0.15, 0.2) is 0 Å². The van der Waals surface area contributed by atoms with Crippen LogP contribution >= 0.6 is 0 Å². The molecule has 1 aliphatic heterocycles. The van der Waals surface area contributed by atoms with Crippen molar-refractivity contribution < 1.29 is 9.90 Å². The van der Waals surface area contributed by atoms with Crippen LogP contribution in [0.25, 0.3) is 0 Å². The van der Waals surface area contributed by atoms with Gasteiger partial charge in [-0.25, -0.2) is 4.79 Å². The number of carboxylic acids is 1. The molecule has 3 nitrogen and oxygen atoms in total. The molecule has 3 heteroatoms. The quantitative estimate of drug-likeness (QED) is 0.731. The highest BCUT2D eigenvalue weighted by atomic mass is 16.4. The average molecular weight is 191 g/mol. The van der Waals surface area contributed by atoms with Crippen molar-refractivity contribution in [1.82, 2.24) is 0 Å². The third kappa shape index (κ3) is 1.35. The van der Waals surface area contributed by atoms with E-state index in [1.807, 2.05) is 30.1 Å². The highest BCUT2D eigenvalue weighted by molar-refractivity contribution is 5.79. The maximum atomic E-state index is 10.9. The van der Waals surface area contributed by atoms with Crippen molar-refractivity contribution in [3.05, 3.63) is 29.8 Å². The highest BCUT2D eigenvalue weighted by Gasteiger charge is 2.28. The Balaban J connectivity index is 2.36. The standard InChI is InChI=1S/C11H13NO2/c1-12-9-5-3-2-4-8(9)6-7-10(12)11(13)14/h2-5,10H,6-7H2,1H3,(H,13,14). The second-order valence-electron chi connectivity index (χ2n) is 3.63. The summed E-state index contributed by atoms with van der Waals surface area (Å²) in [5.41, 5.74) is 2.29. The second-order valence-corrected chi connectivity index (χ2v) is 3.63. The van der Waals surface area contributed by atoms with Gasteiger partial charge in [0.1, 0.15) is 6.04 Å². The molecule has 1 unspecified atom stereocenters. The first-order chi connectivity index (χ1) is 6.70. The molecular formula is C11H13NO2. The van der Waals surface area contributed by atoms with Gasteiger partial charge in [-0.3, -0.25) is 0 Å². The Morgan fingerprint density at radius 1 is 1.50 bits per heavy atom. The van der Waals surface area contributed by atoms with E-state index in [1.165, 1.54) is 5.56 Å². The van der Waals surface area contributed by atoms with E-state index in [2.05, 4.69) is 6.07 Å². The summed E-state index contributed by atoms with van der Waals surface area (Å²) in [6, 6.07) is 7.60. The molecule has 0 bridgehead atoms. The number of benzene rings is 1. The van der Waals surface area contributed by atoms with Crippen molar-refractivity contribution in [1.29, 1.82) is 0 Å². The van der Waals surface area contributed by atoms with Crippen LogP contribution in [-0.2, 0) is 11.2 Å². The van der Waals surface area contributed by atoms with E-state index >= 15 is 0 Å². The molecule has 1 aromatic rings. The van der Waals surface area contributed by atoms with Crippen molar-refractivity contribution in [2.24, 2.45) is 0 Å². The van der Waals surface area contributed by atoms with Crippen molar-refractivity contribution in [3.8, 4) is 0 Å². The van der Waals surface area contributed by atoms with Gasteiger partial charge < -0.3 is 10.0 Å². The van der Waals surface area contributed by atoms with Crippen molar-refractivity contribution in [3.63, 3.8) is 0 Å². The lowest BCUT2D eigenvalue weighted by Gasteiger charge is -2.33. The van der Waals surface area contributed by atoms with Gasteiger partial charge in [0.05, 0.1) is 0 Å². The lowest BCUT2D eigenvalue weighted by molar-refractivity contribution is -0.138. The topological polar surface area (TPSA) is 40.5 Å². The van der Waals surface area contributed by atoms with E-state index in [0.29, 0.717) is 6.42 Å². The fourth-order valence-electron chi connectivity index (χ4n) is 2.01. The average Bonchev–Trinajstić information content (AvgIpc) is 2.18. The maximum absolute atomic E-state index is 10.9. The summed E-state index contributed by atoms with van der Waals surface area (Å²) in [6.45, 7) is 0. The minimum absolute atomic E-state index is 0.370. The Hall–Kier alpha value is -1.51. The normalized spacial score (nSPS) is 20.4. The predicted octanol–water partition coefficient (Wildman–Crippen LogP) is 1.52. The molecule has 0 saturated heterocycles. The molecule has 14 heavy (non-hydrogen) atoms. The van der Waals surface area contributed by atoms with E-state index in [4.69, 9.17) is 5.11 Å². The second kappa shape index (κ2) is 3.33. The Kier molecular flexibility index (Phi) is 2.15. The number of rotatable bonds is 1. The molecule has 1 N–H and O–H groups in total. The van der Waals surface area contributed by atoms with Gasteiger partial charge in [-0.05, 0) is 24.5 Å². The number of carbonyl (C=O) groups is 1. The molecule has 0 fully saturated rings. The van der Waals surface area contributed by atoms with E-state index in [9.17, 15) is 4.79 Å². The first kappa shape index (κ1) is 9.06. The molecule has 0 radical (unpaired) electrons. The lowest BCUT2D eigenvalue weighted by Crippen LogP contribution is -2.41. The first-order valence-corrected chi connectivity index (χ1v) is 4.73. The molecule has 1 aromatic carbocycles. The fourth-order valence-corrected chi connectivity index (χ4v) is 2.01. The summed E-state index contributed by atoms with van der Waals surface area (Å²) < 4.78 is 0. The van der Waals surface area contributed by atoms with E-state index in [1.54, 1.807) is 0 Å². The van der Waals surface area contributed by atoms with Gasteiger partial charge in [-0.2, -0.15) is 0 Å². The van der Waals surface area contributed by atoms with Gasteiger partial charge >= 0.3 is 5.97 Å². The molecule has 0 saturated carbocycles. The Morgan fingerprint density at radius 2 is 2.21 bits per heavy atom. The van der Waals surface area contributed by atoms with Crippen LogP contribution in [0.1, 0.15) is 12.0 Å². The number of fused-ring (bicyclic) bond motifs is 1. The highest BCUT2D eigenvalue weighted by Crippen LogP contribution is 2.28. The number of hydrogen-bond acceptors (Lipinski definition) is 2. The van der Waals surface area contributed by atoms with Crippen LogP contribution in [-0.4, -0.2) is 24.2 Å². The summed E-state index contributed by atoms with van der Waals surface area (Å²) in [5.74, 6) is -0.734. The number of hydrogen-bond donors (Lipinski definition) is 1.